The monoisotopic (exact) mass is 462 g/mol. The van der Waals surface area contributed by atoms with Gasteiger partial charge in [-0.15, -0.1) is 0 Å². The normalized spacial score (nSPS) is 19.6. The summed E-state index contributed by atoms with van der Waals surface area (Å²) >= 11 is 0. The number of nitrogen functional groups attached to an aromatic ring is 1. The lowest BCUT2D eigenvalue weighted by molar-refractivity contribution is 0.0755. The SMILES string of the molecule is C[C@H](Cn1cnc2c(N)ncnc21)OCP(=O)(O)OP(=O)(O)OP(=O)(O)ON. The molecular weight excluding hydrogens is 445 g/mol. The highest BCUT2D eigenvalue weighted by atomic mass is 31.3. The second-order valence-electron chi connectivity index (χ2n) is 5.28. The Labute approximate surface area is 157 Å². The van der Waals surface area contributed by atoms with Crippen molar-refractivity contribution in [2.24, 2.45) is 5.90 Å². The van der Waals surface area contributed by atoms with Crippen molar-refractivity contribution in [1.29, 1.82) is 0 Å². The molecule has 0 aromatic carbocycles. The Morgan fingerprint density at radius 1 is 1.14 bits per heavy atom. The first-order valence-corrected chi connectivity index (χ1v) is 11.9. The van der Waals surface area contributed by atoms with Crippen molar-refractivity contribution in [3.63, 3.8) is 0 Å². The van der Waals surface area contributed by atoms with Gasteiger partial charge in [0.05, 0.1) is 19.0 Å². The van der Waals surface area contributed by atoms with E-state index in [1.165, 1.54) is 19.6 Å². The molecule has 2 aromatic heterocycles. The molecule has 7 N–H and O–H groups in total. The summed E-state index contributed by atoms with van der Waals surface area (Å²) in [5, 5.41) is 0. The van der Waals surface area contributed by atoms with Crippen molar-refractivity contribution < 1.29 is 46.4 Å². The lowest BCUT2D eigenvalue weighted by Crippen LogP contribution is -2.17. The Morgan fingerprint density at radius 2 is 1.82 bits per heavy atom. The van der Waals surface area contributed by atoms with Crippen molar-refractivity contribution in [2.45, 2.75) is 19.6 Å². The first kappa shape index (κ1) is 23.0. The molecule has 28 heavy (non-hydrogen) atoms. The number of hydrogen-bond acceptors (Lipinski definition) is 12. The van der Waals surface area contributed by atoms with Crippen LogP contribution in [0.5, 0.6) is 0 Å². The highest BCUT2D eigenvalue weighted by Gasteiger charge is 2.41. The van der Waals surface area contributed by atoms with E-state index in [9.17, 15) is 23.5 Å². The van der Waals surface area contributed by atoms with Gasteiger partial charge in [-0.2, -0.15) is 4.31 Å². The maximum Gasteiger partial charge on any atom is 0.497 e. The molecule has 4 atom stereocenters. The number of hydrogen-bond donors (Lipinski definition) is 5. The first-order chi connectivity index (χ1) is 12.8. The van der Waals surface area contributed by atoms with Crippen LogP contribution < -0.4 is 11.6 Å². The van der Waals surface area contributed by atoms with Crippen LogP contribution in [0.1, 0.15) is 6.92 Å². The predicted octanol–water partition coefficient (Wildman–Crippen LogP) is 0.0808. The Balaban J connectivity index is 1.96. The van der Waals surface area contributed by atoms with Crippen molar-refractivity contribution >= 4 is 40.2 Å². The van der Waals surface area contributed by atoms with Crippen molar-refractivity contribution in [3.8, 4) is 0 Å². The predicted molar refractivity (Wildman–Crippen MR) is 92.1 cm³/mol. The van der Waals surface area contributed by atoms with E-state index in [-0.39, 0.29) is 12.4 Å². The zero-order valence-electron chi connectivity index (χ0n) is 14.1. The van der Waals surface area contributed by atoms with Crippen LogP contribution in [0.3, 0.4) is 0 Å². The highest BCUT2D eigenvalue weighted by molar-refractivity contribution is 7.68. The van der Waals surface area contributed by atoms with E-state index < -0.39 is 35.7 Å². The van der Waals surface area contributed by atoms with E-state index in [0.717, 1.165) is 0 Å². The smallest absolute Gasteiger partial charge is 0.382 e. The van der Waals surface area contributed by atoms with Crippen LogP contribution in [0.4, 0.5) is 5.82 Å². The summed E-state index contributed by atoms with van der Waals surface area (Å²) in [4.78, 5) is 39.6. The Hall–Kier alpha value is -1.28. The van der Waals surface area contributed by atoms with Crippen molar-refractivity contribution in [3.05, 3.63) is 12.7 Å². The third kappa shape index (κ3) is 6.37. The molecular formula is C9H17N6O10P3. The van der Waals surface area contributed by atoms with Crippen LogP contribution in [0.25, 0.3) is 11.2 Å². The molecule has 2 aromatic rings. The third-order valence-corrected chi connectivity index (χ3v) is 7.21. The number of fused-ring (bicyclic) bond motifs is 1. The van der Waals surface area contributed by atoms with E-state index in [4.69, 9.17) is 15.4 Å². The Bertz CT molecular complexity index is 983. The first-order valence-electron chi connectivity index (χ1n) is 7.15. The number of ether oxygens (including phenoxy) is 1. The van der Waals surface area contributed by atoms with Gasteiger partial charge in [0.25, 0.3) is 0 Å². The average molecular weight is 462 g/mol. The maximum atomic E-state index is 11.9. The summed E-state index contributed by atoms with van der Waals surface area (Å²) < 4.78 is 52.1. The molecule has 0 saturated carbocycles. The van der Waals surface area contributed by atoms with Gasteiger partial charge in [0.1, 0.15) is 18.2 Å². The van der Waals surface area contributed by atoms with Crippen LogP contribution in [-0.4, -0.2) is 46.7 Å². The molecule has 0 saturated heterocycles. The molecule has 2 heterocycles. The van der Waals surface area contributed by atoms with Gasteiger partial charge in [0, 0.05) is 0 Å². The number of aromatic nitrogens is 4. The standard InChI is InChI=1S/C9H17N6O10P3/c1-6(2-15-4-14-7-8(10)12-3-13-9(7)15)22-5-26(16,17)24-28(20,21)25-27(18,19)23-11/h3-4,6H,2,5,11H2,1H3,(H,16,17)(H,18,19)(H,20,21)(H2,10,12,13)/t6-/m1/s1. The van der Waals surface area contributed by atoms with Crippen molar-refractivity contribution in [2.75, 3.05) is 12.1 Å². The fourth-order valence-corrected chi connectivity index (χ4v) is 5.44. The average Bonchev–Trinajstić information content (AvgIpc) is 2.95. The van der Waals surface area contributed by atoms with Crippen LogP contribution in [0, 0.1) is 0 Å². The molecule has 0 fully saturated rings. The lowest BCUT2D eigenvalue weighted by Gasteiger charge is -2.19. The van der Waals surface area contributed by atoms with Gasteiger partial charge in [-0.25, -0.2) is 38.9 Å². The van der Waals surface area contributed by atoms with Gasteiger partial charge in [-0.3, -0.25) is 4.57 Å². The summed E-state index contributed by atoms with van der Waals surface area (Å²) in [5.74, 6) is 4.56. The second kappa shape index (κ2) is 8.61. The number of rotatable bonds is 10. The Morgan fingerprint density at radius 3 is 2.46 bits per heavy atom. The van der Waals surface area contributed by atoms with Gasteiger partial charge in [-0.1, -0.05) is 0 Å². The second-order valence-corrected chi connectivity index (χ2v) is 10.2. The summed E-state index contributed by atoms with van der Waals surface area (Å²) in [7, 11) is -15.5. The van der Waals surface area contributed by atoms with Gasteiger partial charge in [-0.05, 0) is 6.92 Å². The topological polar surface area (TPSA) is 244 Å². The van der Waals surface area contributed by atoms with Crippen LogP contribution in [0.2, 0.25) is 0 Å². The van der Waals surface area contributed by atoms with Gasteiger partial charge < -0.3 is 29.7 Å². The molecule has 158 valence electrons. The molecule has 19 heteroatoms. The lowest BCUT2D eigenvalue weighted by atomic mass is 10.4. The summed E-state index contributed by atoms with van der Waals surface area (Å²) in [6.45, 7) is 1.64. The minimum absolute atomic E-state index is 0.118. The van der Waals surface area contributed by atoms with E-state index in [2.05, 4.69) is 34.1 Å². The molecule has 0 aliphatic rings. The van der Waals surface area contributed by atoms with E-state index >= 15 is 0 Å². The Kier molecular flexibility index (Phi) is 7.08. The summed E-state index contributed by atoms with van der Waals surface area (Å²) in [6, 6.07) is 0. The van der Waals surface area contributed by atoms with Crippen LogP contribution >= 0.6 is 23.2 Å². The number of nitrogens with zero attached hydrogens (tertiary/aromatic N) is 4. The molecule has 0 aliphatic carbocycles. The van der Waals surface area contributed by atoms with Gasteiger partial charge >= 0.3 is 23.2 Å². The summed E-state index contributed by atoms with van der Waals surface area (Å²) in [6.07, 6.45) is 0.894. The molecule has 3 unspecified atom stereocenters. The quantitative estimate of drug-likeness (QED) is 0.232. The van der Waals surface area contributed by atoms with E-state index in [0.29, 0.717) is 11.2 Å². The highest BCUT2D eigenvalue weighted by Crippen LogP contribution is 2.66. The van der Waals surface area contributed by atoms with E-state index in [1.807, 2.05) is 0 Å². The van der Waals surface area contributed by atoms with E-state index in [1.54, 1.807) is 4.57 Å². The van der Waals surface area contributed by atoms with Crippen molar-refractivity contribution in [1.82, 2.24) is 19.5 Å². The number of anilines is 1. The molecule has 0 bridgehead atoms. The number of phosphoric acid groups is 2. The third-order valence-electron chi connectivity index (χ3n) is 2.98. The molecule has 16 nitrogen and oxygen atoms in total. The molecule has 0 amide bonds. The molecule has 0 aliphatic heterocycles. The summed E-state index contributed by atoms with van der Waals surface area (Å²) in [5.41, 5.74) is 6.43. The fourth-order valence-electron chi connectivity index (χ4n) is 1.93. The zero-order chi connectivity index (χ0) is 21.2. The zero-order valence-corrected chi connectivity index (χ0v) is 16.8. The minimum Gasteiger partial charge on any atom is -0.382 e. The van der Waals surface area contributed by atoms with Gasteiger partial charge in [0.15, 0.2) is 11.5 Å². The minimum atomic E-state index is -5.46. The van der Waals surface area contributed by atoms with Gasteiger partial charge in [0.2, 0.25) is 0 Å². The maximum absolute atomic E-state index is 11.9. The molecule has 0 spiro atoms. The fraction of sp³-hybridized carbons (Fsp3) is 0.444. The molecule has 0 radical (unpaired) electrons. The largest absolute Gasteiger partial charge is 0.497 e. The van der Waals surface area contributed by atoms with Crippen LogP contribution in [-0.2, 0) is 38.2 Å². The number of imidazole rings is 1. The van der Waals surface area contributed by atoms with Crippen LogP contribution in [0.15, 0.2) is 12.7 Å². The molecule has 2 rings (SSSR count). The number of nitrogens with two attached hydrogens (primary N) is 2.